The van der Waals surface area contributed by atoms with E-state index in [0.717, 1.165) is 12.8 Å². The number of nitrogens with two attached hydrogens (primary N) is 1. The molecule has 2 N–H and O–H groups in total. The molecule has 0 saturated carbocycles. The Bertz CT molecular complexity index is 156. The van der Waals surface area contributed by atoms with Crippen molar-refractivity contribution in [1.29, 1.82) is 0 Å². The summed E-state index contributed by atoms with van der Waals surface area (Å²) in [5.74, 6) is 0. The van der Waals surface area contributed by atoms with Crippen LogP contribution in [0.5, 0.6) is 0 Å². The van der Waals surface area contributed by atoms with E-state index in [1.165, 1.54) is 12.0 Å². The van der Waals surface area contributed by atoms with Gasteiger partial charge in [-0.3, -0.25) is 0 Å². The number of hydrogen-bond acceptors (Lipinski definition) is 1. The summed E-state index contributed by atoms with van der Waals surface area (Å²) in [6.07, 6.45) is 9.82. The fourth-order valence-electron chi connectivity index (χ4n) is 1.19. The molecule has 0 heterocycles. The van der Waals surface area contributed by atoms with Gasteiger partial charge in [0.15, 0.2) is 0 Å². The number of hydrogen-bond donors (Lipinski definition) is 1. The molecule has 0 aromatic rings. The van der Waals surface area contributed by atoms with Crippen LogP contribution in [0.3, 0.4) is 0 Å². The minimum Gasteiger partial charge on any atom is -0.324 e. The minimum absolute atomic E-state index is 0.296. The van der Waals surface area contributed by atoms with E-state index in [-0.39, 0.29) is 0 Å². The molecule has 1 unspecified atom stereocenters. The summed E-state index contributed by atoms with van der Waals surface area (Å²) >= 11 is 0. The highest BCUT2D eigenvalue weighted by atomic mass is 14.6. The molecule has 1 heteroatoms. The van der Waals surface area contributed by atoms with E-state index in [2.05, 4.69) is 25.2 Å². The lowest BCUT2D eigenvalue weighted by Gasteiger charge is -2.14. The van der Waals surface area contributed by atoms with Crippen molar-refractivity contribution in [2.45, 2.75) is 32.2 Å². The van der Waals surface area contributed by atoms with Gasteiger partial charge >= 0.3 is 0 Å². The second kappa shape index (κ2) is 3.57. The third-order valence-corrected chi connectivity index (χ3v) is 1.96. The van der Waals surface area contributed by atoms with Crippen molar-refractivity contribution < 1.29 is 0 Å². The maximum Gasteiger partial charge on any atom is 0.0254 e. The van der Waals surface area contributed by atoms with Crippen LogP contribution in [0, 0.1) is 0 Å². The van der Waals surface area contributed by atoms with Gasteiger partial charge in [0, 0.05) is 6.04 Å². The summed E-state index contributed by atoms with van der Waals surface area (Å²) < 4.78 is 0. The van der Waals surface area contributed by atoms with Gasteiger partial charge in [-0.2, -0.15) is 0 Å². The molecule has 0 radical (unpaired) electrons. The summed E-state index contributed by atoms with van der Waals surface area (Å²) in [5, 5.41) is 0. The standard InChI is InChI=1S/C9H15N/c1-2-9(10)8-6-4-3-5-7-8/h3-4,6,9H,2,5,7,10H2,1H3. The van der Waals surface area contributed by atoms with Gasteiger partial charge in [0.05, 0.1) is 0 Å². The average Bonchev–Trinajstić information content (AvgIpc) is 2.05. The average molecular weight is 137 g/mol. The molecule has 0 aromatic heterocycles. The zero-order chi connectivity index (χ0) is 7.40. The predicted molar refractivity (Wildman–Crippen MR) is 44.7 cm³/mol. The van der Waals surface area contributed by atoms with Crippen molar-refractivity contribution in [1.82, 2.24) is 0 Å². The Labute approximate surface area is 62.6 Å². The fraction of sp³-hybridized carbons (Fsp3) is 0.556. The Morgan fingerprint density at radius 3 is 3.00 bits per heavy atom. The highest BCUT2D eigenvalue weighted by molar-refractivity contribution is 5.21. The smallest absolute Gasteiger partial charge is 0.0254 e. The van der Waals surface area contributed by atoms with Crippen molar-refractivity contribution in [3.05, 3.63) is 23.8 Å². The first-order chi connectivity index (χ1) is 4.84. The van der Waals surface area contributed by atoms with E-state index in [1.807, 2.05) is 0 Å². The van der Waals surface area contributed by atoms with Crippen LogP contribution in [0.25, 0.3) is 0 Å². The summed E-state index contributed by atoms with van der Waals surface area (Å²) in [6.45, 7) is 2.13. The van der Waals surface area contributed by atoms with Crippen LogP contribution < -0.4 is 5.73 Å². The summed E-state index contributed by atoms with van der Waals surface area (Å²) in [5.41, 5.74) is 7.25. The molecule has 1 nitrogen and oxygen atoms in total. The van der Waals surface area contributed by atoms with E-state index >= 15 is 0 Å². The Morgan fingerprint density at radius 1 is 1.70 bits per heavy atom. The molecular weight excluding hydrogens is 122 g/mol. The first-order valence-corrected chi connectivity index (χ1v) is 3.95. The molecule has 0 amide bonds. The molecule has 1 rings (SSSR count). The fourth-order valence-corrected chi connectivity index (χ4v) is 1.19. The van der Waals surface area contributed by atoms with Crippen molar-refractivity contribution >= 4 is 0 Å². The second-order valence-electron chi connectivity index (χ2n) is 2.72. The van der Waals surface area contributed by atoms with E-state index < -0.39 is 0 Å². The monoisotopic (exact) mass is 137 g/mol. The summed E-state index contributed by atoms with van der Waals surface area (Å²) in [7, 11) is 0. The van der Waals surface area contributed by atoms with Crippen LogP contribution in [0.4, 0.5) is 0 Å². The lowest BCUT2D eigenvalue weighted by atomic mass is 9.97. The Balaban J connectivity index is 2.53. The molecule has 0 saturated heterocycles. The van der Waals surface area contributed by atoms with Crippen molar-refractivity contribution in [2.75, 3.05) is 0 Å². The SMILES string of the molecule is CCC(N)C1=CC=CCC1. The zero-order valence-corrected chi connectivity index (χ0v) is 6.51. The molecule has 0 aromatic carbocycles. The van der Waals surface area contributed by atoms with Gasteiger partial charge in [0.25, 0.3) is 0 Å². The van der Waals surface area contributed by atoms with Crippen LogP contribution in [-0.2, 0) is 0 Å². The molecule has 0 bridgehead atoms. The van der Waals surface area contributed by atoms with Crippen LogP contribution in [-0.4, -0.2) is 6.04 Å². The van der Waals surface area contributed by atoms with E-state index in [0.29, 0.717) is 6.04 Å². The van der Waals surface area contributed by atoms with Crippen LogP contribution in [0.2, 0.25) is 0 Å². The molecule has 0 fully saturated rings. The normalized spacial score (nSPS) is 20.4. The van der Waals surface area contributed by atoms with Gasteiger partial charge < -0.3 is 5.73 Å². The molecule has 1 aliphatic carbocycles. The maximum absolute atomic E-state index is 5.85. The van der Waals surface area contributed by atoms with Crippen molar-refractivity contribution in [3.8, 4) is 0 Å². The Hall–Kier alpha value is -0.560. The van der Waals surface area contributed by atoms with Gasteiger partial charge in [-0.1, -0.05) is 30.7 Å². The van der Waals surface area contributed by atoms with Gasteiger partial charge in [-0.25, -0.2) is 0 Å². The van der Waals surface area contributed by atoms with Crippen LogP contribution in [0.1, 0.15) is 26.2 Å². The minimum atomic E-state index is 0.296. The first kappa shape index (κ1) is 7.55. The van der Waals surface area contributed by atoms with Gasteiger partial charge in [-0.15, -0.1) is 0 Å². The topological polar surface area (TPSA) is 26.0 Å². The third kappa shape index (κ3) is 1.71. The van der Waals surface area contributed by atoms with Crippen LogP contribution >= 0.6 is 0 Å². The highest BCUT2D eigenvalue weighted by Crippen LogP contribution is 2.15. The van der Waals surface area contributed by atoms with Crippen molar-refractivity contribution in [3.63, 3.8) is 0 Å². The zero-order valence-electron chi connectivity index (χ0n) is 6.51. The number of allylic oxidation sites excluding steroid dienone is 3. The van der Waals surface area contributed by atoms with E-state index in [1.54, 1.807) is 0 Å². The molecule has 1 atom stereocenters. The van der Waals surface area contributed by atoms with Gasteiger partial charge in [0.2, 0.25) is 0 Å². The largest absolute Gasteiger partial charge is 0.324 e. The maximum atomic E-state index is 5.85. The van der Waals surface area contributed by atoms with E-state index in [4.69, 9.17) is 5.73 Å². The van der Waals surface area contributed by atoms with Gasteiger partial charge in [0.1, 0.15) is 0 Å². The van der Waals surface area contributed by atoms with E-state index in [9.17, 15) is 0 Å². The Morgan fingerprint density at radius 2 is 2.50 bits per heavy atom. The predicted octanol–water partition coefficient (Wildman–Crippen LogP) is 2.00. The number of rotatable bonds is 2. The molecule has 56 valence electrons. The van der Waals surface area contributed by atoms with Gasteiger partial charge in [-0.05, 0) is 19.3 Å². The van der Waals surface area contributed by atoms with Crippen LogP contribution in [0.15, 0.2) is 23.8 Å². The molecular formula is C9H15N. The quantitative estimate of drug-likeness (QED) is 0.619. The summed E-state index contributed by atoms with van der Waals surface area (Å²) in [6, 6.07) is 0.296. The first-order valence-electron chi connectivity index (χ1n) is 3.95. The Kier molecular flexibility index (Phi) is 2.69. The third-order valence-electron chi connectivity index (χ3n) is 1.96. The molecule has 10 heavy (non-hydrogen) atoms. The lowest BCUT2D eigenvalue weighted by molar-refractivity contribution is 0.697. The second-order valence-corrected chi connectivity index (χ2v) is 2.72. The lowest BCUT2D eigenvalue weighted by Crippen LogP contribution is -2.21. The highest BCUT2D eigenvalue weighted by Gasteiger charge is 2.06. The van der Waals surface area contributed by atoms with Crippen molar-refractivity contribution in [2.24, 2.45) is 5.73 Å². The molecule has 0 aliphatic heterocycles. The summed E-state index contributed by atoms with van der Waals surface area (Å²) in [4.78, 5) is 0. The molecule has 1 aliphatic rings. The molecule has 0 spiro atoms.